The second-order valence-corrected chi connectivity index (χ2v) is 4.29. The number of hydrogen-bond acceptors (Lipinski definition) is 4. The molecule has 0 spiro atoms. The van der Waals surface area contributed by atoms with Gasteiger partial charge in [0.1, 0.15) is 5.82 Å². The van der Waals surface area contributed by atoms with Crippen LogP contribution in [-0.4, -0.2) is 45.3 Å². The van der Waals surface area contributed by atoms with Crippen LogP contribution < -0.4 is 14.8 Å². The summed E-state index contributed by atoms with van der Waals surface area (Å²) in [7, 11) is 3.10. The highest BCUT2D eigenvalue weighted by Crippen LogP contribution is 2.33. The van der Waals surface area contributed by atoms with Crippen LogP contribution in [0.2, 0.25) is 0 Å². The quantitative estimate of drug-likeness (QED) is 0.876. The van der Waals surface area contributed by atoms with Crippen molar-refractivity contribution in [2.24, 2.45) is 0 Å². The van der Waals surface area contributed by atoms with Gasteiger partial charge in [-0.1, -0.05) is 0 Å². The Balaban J connectivity index is 2.24. The third kappa shape index (κ3) is 2.73. The van der Waals surface area contributed by atoms with E-state index in [9.17, 15) is 4.39 Å². The molecule has 0 bridgehead atoms. The van der Waals surface area contributed by atoms with Gasteiger partial charge < -0.3 is 14.8 Å². The first-order valence-electron chi connectivity index (χ1n) is 6.08. The molecule has 5 heteroatoms. The maximum atomic E-state index is 13.9. The molecule has 0 aliphatic carbocycles. The van der Waals surface area contributed by atoms with E-state index in [2.05, 4.69) is 10.2 Å². The molecule has 0 unspecified atom stereocenters. The maximum Gasteiger partial charge on any atom is 0.168 e. The highest BCUT2D eigenvalue weighted by Gasteiger charge is 2.19. The number of nitrogens with one attached hydrogen (secondary N) is 1. The van der Waals surface area contributed by atoms with Crippen molar-refractivity contribution in [3.63, 3.8) is 0 Å². The van der Waals surface area contributed by atoms with Crippen LogP contribution in [-0.2, 0) is 6.54 Å². The third-order valence-corrected chi connectivity index (χ3v) is 3.18. The van der Waals surface area contributed by atoms with E-state index in [4.69, 9.17) is 9.47 Å². The lowest BCUT2D eigenvalue weighted by atomic mass is 10.1. The van der Waals surface area contributed by atoms with Gasteiger partial charge in [-0.05, 0) is 12.1 Å². The zero-order chi connectivity index (χ0) is 13.0. The monoisotopic (exact) mass is 254 g/mol. The summed E-state index contributed by atoms with van der Waals surface area (Å²) in [6.45, 7) is 4.26. The van der Waals surface area contributed by atoms with Crippen molar-refractivity contribution in [3.05, 3.63) is 23.5 Å². The Morgan fingerprint density at radius 1 is 1.22 bits per heavy atom. The van der Waals surface area contributed by atoms with Gasteiger partial charge in [-0.25, -0.2) is 4.39 Å². The first-order chi connectivity index (χ1) is 8.76. The molecule has 0 saturated carbocycles. The number of nitrogens with zero attached hydrogens (tertiary/aromatic N) is 1. The lowest BCUT2D eigenvalue weighted by Crippen LogP contribution is -2.43. The molecular weight excluding hydrogens is 235 g/mol. The zero-order valence-corrected chi connectivity index (χ0v) is 10.8. The van der Waals surface area contributed by atoms with Gasteiger partial charge in [0.2, 0.25) is 0 Å². The van der Waals surface area contributed by atoms with Gasteiger partial charge in [-0.3, -0.25) is 4.90 Å². The van der Waals surface area contributed by atoms with Crippen LogP contribution in [0.15, 0.2) is 12.1 Å². The number of halogens is 1. The lowest BCUT2D eigenvalue weighted by Gasteiger charge is -2.28. The molecule has 1 aliphatic rings. The van der Waals surface area contributed by atoms with Gasteiger partial charge >= 0.3 is 0 Å². The van der Waals surface area contributed by atoms with Crippen molar-refractivity contribution in [3.8, 4) is 11.5 Å². The summed E-state index contributed by atoms with van der Waals surface area (Å²) in [5.41, 5.74) is 0.568. The Kier molecular flexibility index (Phi) is 4.38. The van der Waals surface area contributed by atoms with E-state index in [1.807, 2.05) is 0 Å². The number of methoxy groups -OCH3 is 2. The molecule has 2 rings (SSSR count). The van der Waals surface area contributed by atoms with E-state index in [1.165, 1.54) is 6.07 Å². The smallest absolute Gasteiger partial charge is 0.168 e. The number of benzene rings is 1. The normalized spacial score (nSPS) is 16.6. The number of rotatable bonds is 4. The number of piperazine rings is 1. The molecule has 1 aromatic carbocycles. The largest absolute Gasteiger partial charge is 0.493 e. The Labute approximate surface area is 107 Å². The molecule has 0 radical (unpaired) electrons. The Bertz CT molecular complexity index is 406. The van der Waals surface area contributed by atoms with Crippen LogP contribution in [0.4, 0.5) is 4.39 Å². The molecule has 1 aromatic rings. The second kappa shape index (κ2) is 6.02. The summed E-state index contributed by atoms with van der Waals surface area (Å²) >= 11 is 0. The van der Waals surface area contributed by atoms with Crippen molar-refractivity contribution < 1.29 is 13.9 Å². The summed E-state index contributed by atoms with van der Waals surface area (Å²) in [6.07, 6.45) is 0. The number of ether oxygens (including phenoxy) is 2. The van der Waals surface area contributed by atoms with E-state index in [0.29, 0.717) is 23.6 Å². The molecule has 0 aromatic heterocycles. The van der Waals surface area contributed by atoms with E-state index in [1.54, 1.807) is 20.3 Å². The average molecular weight is 254 g/mol. The highest BCUT2D eigenvalue weighted by atomic mass is 19.1. The minimum absolute atomic E-state index is 0.244. The third-order valence-electron chi connectivity index (χ3n) is 3.18. The first kappa shape index (κ1) is 13.1. The Hall–Kier alpha value is -1.33. The standard InChI is InChI=1S/C13H19FN2O2/c1-17-12-4-3-11(14)10(13(12)18-2)9-16-7-5-15-6-8-16/h3-4,15H,5-9H2,1-2H3. The second-order valence-electron chi connectivity index (χ2n) is 4.29. The first-order valence-corrected chi connectivity index (χ1v) is 6.08. The van der Waals surface area contributed by atoms with Crippen LogP contribution in [0.3, 0.4) is 0 Å². The van der Waals surface area contributed by atoms with Crippen LogP contribution >= 0.6 is 0 Å². The molecule has 1 fully saturated rings. The van der Waals surface area contributed by atoms with Crippen molar-refractivity contribution >= 4 is 0 Å². The fraction of sp³-hybridized carbons (Fsp3) is 0.538. The van der Waals surface area contributed by atoms with E-state index in [0.717, 1.165) is 26.2 Å². The van der Waals surface area contributed by atoms with E-state index >= 15 is 0 Å². The fourth-order valence-electron chi connectivity index (χ4n) is 2.21. The van der Waals surface area contributed by atoms with Crippen molar-refractivity contribution in [2.75, 3.05) is 40.4 Å². The van der Waals surface area contributed by atoms with E-state index < -0.39 is 0 Å². The maximum absolute atomic E-state index is 13.9. The minimum Gasteiger partial charge on any atom is -0.493 e. The number of hydrogen-bond donors (Lipinski definition) is 1. The molecule has 1 N–H and O–H groups in total. The van der Waals surface area contributed by atoms with Gasteiger partial charge in [-0.15, -0.1) is 0 Å². The Morgan fingerprint density at radius 3 is 2.56 bits per heavy atom. The fourth-order valence-corrected chi connectivity index (χ4v) is 2.21. The molecule has 1 aliphatic heterocycles. The summed E-state index contributed by atoms with van der Waals surface area (Å²) < 4.78 is 24.4. The molecule has 0 atom stereocenters. The van der Waals surface area contributed by atoms with Gasteiger partial charge in [0.15, 0.2) is 11.5 Å². The molecule has 1 saturated heterocycles. The van der Waals surface area contributed by atoms with Gasteiger partial charge in [0.25, 0.3) is 0 Å². The van der Waals surface area contributed by atoms with Crippen molar-refractivity contribution in [1.29, 1.82) is 0 Å². The molecule has 0 amide bonds. The SMILES string of the molecule is COc1ccc(F)c(CN2CCNCC2)c1OC. The molecule has 4 nitrogen and oxygen atoms in total. The molecule has 1 heterocycles. The Morgan fingerprint density at radius 2 is 1.94 bits per heavy atom. The average Bonchev–Trinajstić information content (AvgIpc) is 2.42. The van der Waals surface area contributed by atoms with Crippen molar-refractivity contribution in [2.45, 2.75) is 6.54 Å². The van der Waals surface area contributed by atoms with Crippen LogP contribution in [0.1, 0.15) is 5.56 Å². The molecule has 18 heavy (non-hydrogen) atoms. The summed E-state index contributed by atoms with van der Waals surface area (Å²) in [4.78, 5) is 2.21. The van der Waals surface area contributed by atoms with Crippen LogP contribution in [0.5, 0.6) is 11.5 Å². The topological polar surface area (TPSA) is 33.7 Å². The van der Waals surface area contributed by atoms with E-state index in [-0.39, 0.29) is 5.82 Å². The predicted octanol–water partition coefficient (Wildman–Crippen LogP) is 1.25. The van der Waals surface area contributed by atoms with Crippen LogP contribution in [0, 0.1) is 5.82 Å². The lowest BCUT2D eigenvalue weighted by molar-refractivity contribution is 0.225. The van der Waals surface area contributed by atoms with Crippen molar-refractivity contribution in [1.82, 2.24) is 10.2 Å². The van der Waals surface area contributed by atoms with Gasteiger partial charge in [-0.2, -0.15) is 0 Å². The minimum atomic E-state index is -0.244. The van der Waals surface area contributed by atoms with Gasteiger partial charge in [0, 0.05) is 38.3 Å². The van der Waals surface area contributed by atoms with Crippen LogP contribution in [0.25, 0.3) is 0 Å². The van der Waals surface area contributed by atoms with Gasteiger partial charge in [0.05, 0.1) is 14.2 Å². The molecular formula is C13H19FN2O2. The summed E-state index contributed by atoms with van der Waals surface area (Å²) in [6, 6.07) is 3.02. The zero-order valence-electron chi connectivity index (χ0n) is 10.8. The molecule has 100 valence electrons. The summed E-state index contributed by atoms with van der Waals surface area (Å²) in [5, 5.41) is 3.27. The summed E-state index contributed by atoms with van der Waals surface area (Å²) in [5.74, 6) is 0.825. The highest BCUT2D eigenvalue weighted by molar-refractivity contribution is 5.47. The predicted molar refractivity (Wildman–Crippen MR) is 67.7 cm³/mol.